The van der Waals surface area contributed by atoms with Crippen molar-refractivity contribution in [3.05, 3.63) is 11.4 Å². The van der Waals surface area contributed by atoms with Gasteiger partial charge in [-0.1, -0.05) is 19.8 Å². The third-order valence-electron chi connectivity index (χ3n) is 2.15. The molecule has 1 aromatic rings. The quantitative estimate of drug-likeness (QED) is 0.706. The summed E-state index contributed by atoms with van der Waals surface area (Å²) in [5, 5.41) is 4.43. The van der Waals surface area contributed by atoms with Crippen LogP contribution in [0.4, 0.5) is 0 Å². The summed E-state index contributed by atoms with van der Waals surface area (Å²) >= 11 is 0. The first-order valence-electron chi connectivity index (χ1n) is 5.16. The molecule has 0 spiro atoms. The van der Waals surface area contributed by atoms with Crippen LogP contribution in [-0.2, 0) is 6.54 Å². The normalized spacial score (nSPS) is 10.4. The van der Waals surface area contributed by atoms with Crippen LogP contribution in [0.15, 0.2) is 0 Å². The Kier molecular flexibility index (Phi) is 3.79. The summed E-state index contributed by atoms with van der Waals surface area (Å²) in [7, 11) is 0. The molecule has 3 heteroatoms. The van der Waals surface area contributed by atoms with Crippen LogP contribution in [0.5, 0.6) is 5.75 Å². The van der Waals surface area contributed by atoms with Gasteiger partial charge in [0.1, 0.15) is 12.3 Å². The molecule has 0 saturated heterocycles. The van der Waals surface area contributed by atoms with Crippen molar-refractivity contribution >= 4 is 0 Å². The lowest BCUT2D eigenvalue weighted by Gasteiger charge is -2.07. The molecule has 0 aliphatic rings. The van der Waals surface area contributed by atoms with E-state index in [0.717, 1.165) is 23.7 Å². The highest BCUT2D eigenvalue weighted by molar-refractivity contribution is 5.32. The van der Waals surface area contributed by atoms with E-state index in [1.807, 2.05) is 18.5 Å². The number of aromatic nitrogens is 2. The first-order chi connectivity index (χ1) is 7.06. The number of nitrogens with zero attached hydrogens (tertiary/aromatic N) is 2. The zero-order chi connectivity index (χ0) is 11.4. The van der Waals surface area contributed by atoms with Crippen molar-refractivity contribution in [3.8, 4) is 18.1 Å². The molecule has 0 saturated carbocycles. The second kappa shape index (κ2) is 4.88. The van der Waals surface area contributed by atoms with Crippen molar-refractivity contribution in [2.45, 2.75) is 34.2 Å². The van der Waals surface area contributed by atoms with Gasteiger partial charge in [-0.15, -0.1) is 6.42 Å². The molecule has 0 radical (unpaired) electrons. The molecule has 0 aliphatic carbocycles. The molecule has 82 valence electrons. The lowest BCUT2D eigenvalue weighted by atomic mass is 10.2. The predicted molar refractivity (Wildman–Crippen MR) is 60.9 cm³/mol. The smallest absolute Gasteiger partial charge is 0.164 e. The zero-order valence-electron chi connectivity index (χ0n) is 9.87. The molecule has 1 rings (SSSR count). The van der Waals surface area contributed by atoms with E-state index in [4.69, 9.17) is 11.2 Å². The fourth-order valence-corrected chi connectivity index (χ4v) is 1.53. The van der Waals surface area contributed by atoms with Gasteiger partial charge in [0.05, 0.1) is 5.69 Å². The van der Waals surface area contributed by atoms with Crippen molar-refractivity contribution in [1.29, 1.82) is 0 Å². The maximum atomic E-state index is 5.46. The van der Waals surface area contributed by atoms with Crippen LogP contribution >= 0.6 is 0 Å². The van der Waals surface area contributed by atoms with Crippen LogP contribution in [0.1, 0.15) is 25.2 Å². The van der Waals surface area contributed by atoms with Crippen LogP contribution in [0.2, 0.25) is 0 Å². The molecule has 15 heavy (non-hydrogen) atoms. The van der Waals surface area contributed by atoms with Crippen molar-refractivity contribution in [1.82, 2.24) is 9.78 Å². The minimum atomic E-state index is 0.301. The van der Waals surface area contributed by atoms with Gasteiger partial charge in [0.25, 0.3) is 0 Å². The van der Waals surface area contributed by atoms with Crippen LogP contribution in [-0.4, -0.2) is 16.4 Å². The predicted octanol–water partition coefficient (Wildman–Crippen LogP) is 2.17. The fraction of sp³-hybridized carbons (Fsp3) is 0.583. The van der Waals surface area contributed by atoms with Gasteiger partial charge in [0.15, 0.2) is 5.75 Å². The maximum Gasteiger partial charge on any atom is 0.164 e. The van der Waals surface area contributed by atoms with Crippen molar-refractivity contribution in [2.75, 3.05) is 6.61 Å². The molecule has 0 unspecified atom stereocenters. The lowest BCUT2D eigenvalue weighted by Crippen LogP contribution is -2.08. The summed E-state index contributed by atoms with van der Waals surface area (Å²) in [6.07, 6.45) is 5.16. The van der Waals surface area contributed by atoms with Gasteiger partial charge < -0.3 is 4.74 Å². The first-order valence-corrected chi connectivity index (χ1v) is 5.16. The number of hydrogen-bond acceptors (Lipinski definition) is 2. The summed E-state index contributed by atoms with van der Waals surface area (Å²) in [5.41, 5.74) is 1.96. The topological polar surface area (TPSA) is 27.1 Å². The Balaban J connectivity index is 2.89. The van der Waals surface area contributed by atoms with E-state index in [2.05, 4.69) is 24.9 Å². The van der Waals surface area contributed by atoms with Gasteiger partial charge in [0, 0.05) is 6.54 Å². The number of hydrogen-bond donors (Lipinski definition) is 0. The number of ether oxygens (including phenoxy) is 1. The lowest BCUT2D eigenvalue weighted by molar-refractivity contribution is 0.363. The van der Waals surface area contributed by atoms with Gasteiger partial charge in [0.2, 0.25) is 0 Å². The highest BCUT2D eigenvalue weighted by Crippen LogP contribution is 2.22. The summed E-state index contributed by atoms with van der Waals surface area (Å²) < 4.78 is 7.44. The molecule has 0 fully saturated rings. The number of rotatable bonds is 4. The Labute approximate surface area is 91.4 Å². The summed E-state index contributed by atoms with van der Waals surface area (Å²) in [6.45, 7) is 9.49. The summed E-state index contributed by atoms with van der Waals surface area (Å²) in [6, 6.07) is 0. The minimum absolute atomic E-state index is 0.301. The molecule has 0 amide bonds. The molecule has 0 atom stereocenters. The molecule has 1 heterocycles. The first kappa shape index (κ1) is 11.6. The molecular weight excluding hydrogens is 188 g/mol. The van der Waals surface area contributed by atoms with Crippen LogP contribution in [0, 0.1) is 32.1 Å². The zero-order valence-corrected chi connectivity index (χ0v) is 9.87. The van der Waals surface area contributed by atoms with Crippen molar-refractivity contribution < 1.29 is 4.74 Å². The summed E-state index contributed by atoms with van der Waals surface area (Å²) in [5.74, 6) is 3.86. The molecule has 0 N–H and O–H groups in total. The van der Waals surface area contributed by atoms with Gasteiger partial charge in [-0.05, 0) is 19.8 Å². The van der Waals surface area contributed by atoms with E-state index in [0.29, 0.717) is 12.5 Å². The van der Waals surface area contributed by atoms with Crippen LogP contribution < -0.4 is 4.74 Å². The van der Waals surface area contributed by atoms with Crippen molar-refractivity contribution in [2.24, 2.45) is 5.92 Å². The Morgan fingerprint density at radius 1 is 1.47 bits per heavy atom. The Hall–Kier alpha value is -1.43. The van der Waals surface area contributed by atoms with Gasteiger partial charge in [-0.3, -0.25) is 4.68 Å². The highest BCUT2D eigenvalue weighted by atomic mass is 16.5. The molecule has 3 nitrogen and oxygen atoms in total. The molecule has 0 bridgehead atoms. The SMILES string of the molecule is C#CCOc1c(C)nn(CC(C)C)c1C. The number of aryl methyl sites for hydroxylation is 1. The maximum absolute atomic E-state index is 5.46. The summed E-state index contributed by atoms with van der Waals surface area (Å²) in [4.78, 5) is 0. The van der Waals surface area contributed by atoms with Gasteiger partial charge in [-0.2, -0.15) is 5.10 Å². The number of terminal acetylenes is 1. The van der Waals surface area contributed by atoms with E-state index in [1.165, 1.54) is 0 Å². The van der Waals surface area contributed by atoms with E-state index in [9.17, 15) is 0 Å². The van der Waals surface area contributed by atoms with Gasteiger partial charge in [-0.25, -0.2) is 0 Å². The molecule has 0 aromatic carbocycles. The van der Waals surface area contributed by atoms with Gasteiger partial charge >= 0.3 is 0 Å². The second-order valence-corrected chi connectivity index (χ2v) is 4.07. The fourth-order valence-electron chi connectivity index (χ4n) is 1.53. The van der Waals surface area contributed by atoms with E-state index in [-0.39, 0.29) is 0 Å². The Morgan fingerprint density at radius 3 is 2.67 bits per heavy atom. The molecule has 0 aliphatic heterocycles. The second-order valence-electron chi connectivity index (χ2n) is 4.07. The standard InChI is InChI=1S/C12H18N2O/c1-6-7-15-12-10(4)13-14(11(12)5)8-9(2)3/h1,9H,7-8H2,2-5H3. The Morgan fingerprint density at radius 2 is 2.13 bits per heavy atom. The monoisotopic (exact) mass is 206 g/mol. The van der Waals surface area contributed by atoms with E-state index < -0.39 is 0 Å². The minimum Gasteiger partial charge on any atom is -0.477 e. The van der Waals surface area contributed by atoms with Crippen molar-refractivity contribution in [3.63, 3.8) is 0 Å². The average Bonchev–Trinajstić information content (AvgIpc) is 2.39. The molecule has 1 aromatic heterocycles. The van der Waals surface area contributed by atoms with E-state index in [1.54, 1.807) is 0 Å². The van der Waals surface area contributed by atoms with Crippen LogP contribution in [0.25, 0.3) is 0 Å². The average molecular weight is 206 g/mol. The molecular formula is C12H18N2O. The van der Waals surface area contributed by atoms with E-state index >= 15 is 0 Å². The Bertz CT molecular complexity index is 372. The van der Waals surface area contributed by atoms with Crippen LogP contribution in [0.3, 0.4) is 0 Å². The third-order valence-corrected chi connectivity index (χ3v) is 2.15. The third kappa shape index (κ3) is 2.76. The highest BCUT2D eigenvalue weighted by Gasteiger charge is 2.12. The largest absolute Gasteiger partial charge is 0.477 e.